The van der Waals surface area contributed by atoms with E-state index in [0.717, 1.165) is 24.1 Å². The molecule has 0 heterocycles. The molecular formula is C18H29NO. The fourth-order valence-corrected chi connectivity index (χ4v) is 3.25. The van der Waals surface area contributed by atoms with E-state index in [1.165, 1.54) is 24.8 Å². The number of hydrogen-bond donors (Lipinski definition) is 1. The van der Waals surface area contributed by atoms with Gasteiger partial charge in [-0.3, -0.25) is 0 Å². The van der Waals surface area contributed by atoms with Crippen molar-refractivity contribution in [3.63, 3.8) is 0 Å². The van der Waals surface area contributed by atoms with Gasteiger partial charge in [-0.1, -0.05) is 32.9 Å². The van der Waals surface area contributed by atoms with Crippen LogP contribution in [0.1, 0.15) is 45.6 Å². The fourth-order valence-electron chi connectivity index (χ4n) is 3.25. The van der Waals surface area contributed by atoms with Crippen molar-refractivity contribution in [1.82, 2.24) is 5.32 Å². The number of aryl methyl sites for hydroxylation is 1. The molecule has 2 nitrogen and oxygen atoms in total. The van der Waals surface area contributed by atoms with Gasteiger partial charge in [-0.2, -0.15) is 0 Å². The van der Waals surface area contributed by atoms with Crippen LogP contribution >= 0.6 is 0 Å². The Morgan fingerprint density at radius 2 is 2.10 bits per heavy atom. The van der Waals surface area contributed by atoms with Gasteiger partial charge >= 0.3 is 0 Å². The Hall–Kier alpha value is -1.02. The summed E-state index contributed by atoms with van der Waals surface area (Å²) in [5.74, 6) is 2.56. The smallest absolute Gasteiger partial charge is 0.120 e. The molecule has 0 spiro atoms. The van der Waals surface area contributed by atoms with Gasteiger partial charge in [-0.15, -0.1) is 0 Å². The first kappa shape index (κ1) is 15.4. The topological polar surface area (TPSA) is 21.3 Å². The van der Waals surface area contributed by atoms with Gasteiger partial charge < -0.3 is 10.1 Å². The molecule has 20 heavy (non-hydrogen) atoms. The van der Waals surface area contributed by atoms with Gasteiger partial charge in [-0.25, -0.2) is 0 Å². The number of nitrogens with one attached hydrogen (secondary N) is 1. The molecule has 3 atom stereocenters. The fraction of sp³-hybridized carbons (Fsp3) is 0.667. The third-order valence-electron chi connectivity index (χ3n) is 4.52. The molecule has 3 unspecified atom stereocenters. The zero-order valence-electron chi connectivity index (χ0n) is 13.4. The van der Waals surface area contributed by atoms with E-state index in [4.69, 9.17) is 4.74 Å². The van der Waals surface area contributed by atoms with Crippen LogP contribution in [0.15, 0.2) is 24.3 Å². The number of rotatable bonds is 5. The molecule has 1 aliphatic rings. The van der Waals surface area contributed by atoms with Crippen LogP contribution in [-0.4, -0.2) is 18.7 Å². The molecule has 0 saturated heterocycles. The highest BCUT2D eigenvalue weighted by Crippen LogP contribution is 2.32. The van der Waals surface area contributed by atoms with E-state index < -0.39 is 0 Å². The molecule has 2 heteroatoms. The summed E-state index contributed by atoms with van der Waals surface area (Å²) in [5.41, 5.74) is 1.26. The molecule has 1 aliphatic carbocycles. The van der Waals surface area contributed by atoms with Crippen molar-refractivity contribution in [2.45, 2.75) is 59.1 Å². The van der Waals surface area contributed by atoms with Gasteiger partial charge in [0.2, 0.25) is 0 Å². The summed E-state index contributed by atoms with van der Waals surface area (Å²) >= 11 is 0. The third-order valence-corrected chi connectivity index (χ3v) is 4.52. The van der Waals surface area contributed by atoms with Crippen LogP contribution < -0.4 is 10.1 Å². The predicted molar refractivity (Wildman–Crippen MR) is 85.2 cm³/mol. The maximum absolute atomic E-state index is 6.32. The summed E-state index contributed by atoms with van der Waals surface area (Å²) < 4.78 is 6.32. The normalized spacial score (nSPS) is 26.8. The molecule has 1 fully saturated rings. The SMILES string of the molecule is CCNC1CCC(C(C)C)CC1Oc1cccc(C)c1. The molecule has 1 aromatic rings. The van der Waals surface area contributed by atoms with Crippen LogP contribution in [0, 0.1) is 18.8 Å². The summed E-state index contributed by atoms with van der Waals surface area (Å²) in [6.45, 7) is 9.99. The third kappa shape index (κ3) is 3.99. The Labute approximate surface area is 123 Å². The average molecular weight is 275 g/mol. The second kappa shape index (κ2) is 7.12. The van der Waals surface area contributed by atoms with Gasteiger partial charge in [-0.05, 0) is 62.3 Å². The van der Waals surface area contributed by atoms with Crippen LogP contribution in [0.3, 0.4) is 0 Å². The molecule has 112 valence electrons. The molecule has 0 amide bonds. The summed E-state index contributed by atoms with van der Waals surface area (Å²) in [7, 11) is 0. The minimum absolute atomic E-state index is 0.304. The molecule has 0 bridgehead atoms. The van der Waals surface area contributed by atoms with Crippen molar-refractivity contribution in [1.29, 1.82) is 0 Å². The predicted octanol–water partition coefficient (Wildman–Crippen LogP) is 4.18. The monoisotopic (exact) mass is 275 g/mol. The second-order valence-electron chi connectivity index (χ2n) is 6.45. The Bertz CT molecular complexity index is 416. The molecule has 0 radical (unpaired) electrons. The first-order valence-electron chi connectivity index (χ1n) is 8.06. The van der Waals surface area contributed by atoms with Crippen LogP contribution in [-0.2, 0) is 0 Å². The number of likely N-dealkylation sites (N-methyl/N-ethyl adjacent to an activating group) is 1. The largest absolute Gasteiger partial charge is 0.489 e. The van der Waals surface area contributed by atoms with Crippen LogP contribution in [0.25, 0.3) is 0 Å². The lowest BCUT2D eigenvalue weighted by Gasteiger charge is -2.38. The first-order valence-corrected chi connectivity index (χ1v) is 8.06. The van der Waals surface area contributed by atoms with Crippen LogP contribution in [0.5, 0.6) is 5.75 Å². The van der Waals surface area contributed by atoms with Crippen LogP contribution in [0.2, 0.25) is 0 Å². The maximum Gasteiger partial charge on any atom is 0.120 e. The van der Waals surface area contributed by atoms with E-state index in [2.05, 4.69) is 57.3 Å². The number of ether oxygens (including phenoxy) is 1. The number of hydrogen-bond acceptors (Lipinski definition) is 2. The number of benzene rings is 1. The van der Waals surface area contributed by atoms with Crippen molar-refractivity contribution in [2.24, 2.45) is 11.8 Å². The maximum atomic E-state index is 6.32. The molecule has 1 N–H and O–H groups in total. The summed E-state index contributed by atoms with van der Waals surface area (Å²) in [5, 5.41) is 3.60. The zero-order chi connectivity index (χ0) is 14.5. The van der Waals surface area contributed by atoms with Gasteiger partial charge in [0.15, 0.2) is 0 Å². The van der Waals surface area contributed by atoms with Crippen molar-refractivity contribution < 1.29 is 4.74 Å². The van der Waals surface area contributed by atoms with Crippen molar-refractivity contribution in [2.75, 3.05) is 6.54 Å². The summed E-state index contributed by atoms with van der Waals surface area (Å²) in [4.78, 5) is 0. The highest BCUT2D eigenvalue weighted by atomic mass is 16.5. The van der Waals surface area contributed by atoms with Crippen molar-refractivity contribution in [3.8, 4) is 5.75 Å². The Morgan fingerprint density at radius 3 is 2.75 bits per heavy atom. The second-order valence-corrected chi connectivity index (χ2v) is 6.45. The molecule has 1 saturated carbocycles. The zero-order valence-corrected chi connectivity index (χ0v) is 13.4. The lowest BCUT2D eigenvalue weighted by molar-refractivity contribution is 0.0725. The Kier molecular flexibility index (Phi) is 5.47. The molecule has 0 aliphatic heterocycles. The minimum Gasteiger partial charge on any atom is -0.489 e. The van der Waals surface area contributed by atoms with Gasteiger partial charge in [0.05, 0.1) is 0 Å². The van der Waals surface area contributed by atoms with Crippen molar-refractivity contribution >= 4 is 0 Å². The Morgan fingerprint density at radius 1 is 1.30 bits per heavy atom. The molecule has 0 aromatic heterocycles. The highest BCUT2D eigenvalue weighted by molar-refractivity contribution is 5.27. The van der Waals surface area contributed by atoms with Crippen LogP contribution in [0.4, 0.5) is 0 Å². The van der Waals surface area contributed by atoms with Gasteiger partial charge in [0.25, 0.3) is 0 Å². The van der Waals surface area contributed by atoms with E-state index in [9.17, 15) is 0 Å². The van der Waals surface area contributed by atoms with Crippen molar-refractivity contribution in [3.05, 3.63) is 29.8 Å². The molecule has 1 aromatic carbocycles. The lowest BCUT2D eigenvalue weighted by atomic mass is 9.78. The standard InChI is InChI=1S/C18H29NO/c1-5-19-17-10-9-15(13(2)3)12-18(17)20-16-8-6-7-14(4)11-16/h6-8,11,13,15,17-19H,5,9-10,12H2,1-4H3. The highest BCUT2D eigenvalue weighted by Gasteiger charge is 2.32. The van der Waals surface area contributed by atoms with Gasteiger partial charge in [0.1, 0.15) is 11.9 Å². The Balaban J connectivity index is 2.06. The minimum atomic E-state index is 0.304. The van der Waals surface area contributed by atoms with E-state index >= 15 is 0 Å². The summed E-state index contributed by atoms with van der Waals surface area (Å²) in [6, 6.07) is 8.91. The quantitative estimate of drug-likeness (QED) is 0.870. The van der Waals surface area contributed by atoms with E-state index in [0.29, 0.717) is 12.1 Å². The average Bonchev–Trinajstić information content (AvgIpc) is 2.41. The molecule has 2 rings (SSSR count). The van der Waals surface area contributed by atoms with Gasteiger partial charge in [0, 0.05) is 6.04 Å². The van der Waals surface area contributed by atoms with E-state index in [1.54, 1.807) is 0 Å². The first-order chi connectivity index (χ1) is 9.60. The van der Waals surface area contributed by atoms with E-state index in [-0.39, 0.29) is 0 Å². The molecular weight excluding hydrogens is 246 g/mol. The van der Waals surface area contributed by atoms with E-state index in [1.807, 2.05) is 0 Å². The summed E-state index contributed by atoms with van der Waals surface area (Å²) in [6.07, 6.45) is 4.03. The lowest BCUT2D eigenvalue weighted by Crippen LogP contribution is -2.47.